The van der Waals surface area contributed by atoms with Crippen LogP contribution in [0.25, 0.3) is 0 Å². The third-order valence-electron chi connectivity index (χ3n) is 3.71. The number of aromatic nitrogens is 3. The highest BCUT2D eigenvalue weighted by atomic mass is 32.2. The van der Waals surface area contributed by atoms with Gasteiger partial charge in [-0.05, 0) is 12.1 Å². The molecule has 1 amide bonds. The number of thioether (sulfide) groups is 1. The monoisotopic (exact) mass is 399 g/mol. The predicted octanol–water partition coefficient (Wildman–Crippen LogP) is 3.16. The number of nitrogens with zero attached hydrogens (tertiary/aromatic N) is 2. The summed E-state index contributed by atoms with van der Waals surface area (Å²) in [6, 6.07) is 15.0. The molecule has 2 aromatic carbocycles. The summed E-state index contributed by atoms with van der Waals surface area (Å²) < 4.78 is 10.4. The van der Waals surface area contributed by atoms with Crippen LogP contribution in [0.4, 0.5) is 11.4 Å². The molecule has 1 aromatic heterocycles. The van der Waals surface area contributed by atoms with Crippen molar-refractivity contribution in [3.8, 4) is 11.5 Å². The maximum Gasteiger partial charge on any atom is 0.234 e. The number of amides is 1. The molecule has 0 radical (unpaired) electrons. The molecule has 0 atom stereocenters. The number of aromatic amines is 1. The predicted molar refractivity (Wildman–Crippen MR) is 109 cm³/mol. The lowest BCUT2D eigenvalue weighted by Crippen LogP contribution is -2.14. The van der Waals surface area contributed by atoms with E-state index in [4.69, 9.17) is 9.47 Å². The molecule has 3 aromatic rings. The first-order valence-electron chi connectivity index (χ1n) is 8.52. The van der Waals surface area contributed by atoms with Crippen molar-refractivity contribution in [3.05, 3.63) is 54.4 Å². The van der Waals surface area contributed by atoms with E-state index in [1.54, 1.807) is 32.4 Å². The van der Waals surface area contributed by atoms with Crippen molar-refractivity contribution >= 4 is 29.0 Å². The van der Waals surface area contributed by atoms with Gasteiger partial charge in [-0.3, -0.25) is 9.89 Å². The number of para-hydroxylation sites is 1. The minimum absolute atomic E-state index is 0.172. The quantitative estimate of drug-likeness (QED) is 0.475. The normalized spacial score (nSPS) is 10.4. The Morgan fingerprint density at radius 1 is 1.07 bits per heavy atom. The SMILES string of the molecule is COc1cc(NC(=O)CSc2n[nH]c(CNc3ccccc3)n2)cc(OC)c1. The van der Waals surface area contributed by atoms with Crippen LogP contribution in [0.5, 0.6) is 11.5 Å². The second kappa shape index (κ2) is 9.65. The van der Waals surface area contributed by atoms with Crippen LogP contribution < -0.4 is 20.1 Å². The van der Waals surface area contributed by atoms with E-state index in [9.17, 15) is 4.79 Å². The Hall–Kier alpha value is -3.20. The second-order valence-electron chi connectivity index (χ2n) is 5.72. The van der Waals surface area contributed by atoms with Gasteiger partial charge in [0.05, 0.1) is 26.5 Å². The second-order valence-corrected chi connectivity index (χ2v) is 6.66. The van der Waals surface area contributed by atoms with Gasteiger partial charge < -0.3 is 20.1 Å². The molecule has 0 unspecified atom stereocenters. The van der Waals surface area contributed by atoms with Crippen LogP contribution in [0.1, 0.15) is 5.82 Å². The summed E-state index contributed by atoms with van der Waals surface area (Å²) in [6.07, 6.45) is 0. The van der Waals surface area contributed by atoms with Gasteiger partial charge >= 0.3 is 0 Å². The first kappa shape index (κ1) is 19.6. The largest absolute Gasteiger partial charge is 0.497 e. The topological polar surface area (TPSA) is 101 Å². The number of hydrogen-bond donors (Lipinski definition) is 3. The van der Waals surface area contributed by atoms with E-state index < -0.39 is 0 Å². The molecular formula is C19H21N5O3S. The zero-order chi connectivity index (χ0) is 19.8. The van der Waals surface area contributed by atoms with E-state index in [0.29, 0.717) is 34.7 Å². The Balaban J connectivity index is 1.49. The van der Waals surface area contributed by atoms with Crippen LogP contribution in [-0.2, 0) is 11.3 Å². The zero-order valence-corrected chi connectivity index (χ0v) is 16.4. The van der Waals surface area contributed by atoms with Crippen molar-refractivity contribution in [2.75, 3.05) is 30.6 Å². The molecular weight excluding hydrogens is 378 g/mol. The fourth-order valence-corrected chi connectivity index (χ4v) is 2.99. The number of anilines is 2. The van der Waals surface area contributed by atoms with E-state index >= 15 is 0 Å². The van der Waals surface area contributed by atoms with Gasteiger partial charge in [-0.2, -0.15) is 0 Å². The summed E-state index contributed by atoms with van der Waals surface area (Å²) in [6.45, 7) is 0.521. The van der Waals surface area contributed by atoms with Crippen LogP contribution in [-0.4, -0.2) is 41.1 Å². The number of methoxy groups -OCH3 is 2. The van der Waals surface area contributed by atoms with Gasteiger partial charge in [0.1, 0.15) is 17.3 Å². The third kappa shape index (κ3) is 5.65. The zero-order valence-electron chi connectivity index (χ0n) is 15.6. The van der Waals surface area contributed by atoms with E-state index in [-0.39, 0.29) is 11.7 Å². The van der Waals surface area contributed by atoms with Crippen molar-refractivity contribution in [2.45, 2.75) is 11.7 Å². The Labute approximate surface area is 167 Å². The highest BCUT2D eigenvalue weighted by molar-refractivity contribution is 7.99. The average molecular weight is 399 g/mol. The smallest absolute Gasteiger partial charge is 0.234 e. The van der Waals surface area contributed by atoms with Gasteiger partial charge in [-0.25, -0.2) is 4.98 Å². The van der Waals surface area contributed by atoms with Crippen LogP contribution in [0.15, 0.2) is 53.7 Å². The van der Waals surface area contributed by atoms with Crippen molar-refractivity contribution in [1.82, 2.24) is 15.2 Å². The van der Waals surface area contributed by atoms with Gasteiger partial charge in [0.2, 0.25) is 11.1 Å². The number of benzene rings is 2. The van der Waals surface area contributed by atoms with Gasteiger partial charge in [0, 0.05) is 29.6 Å². The van der Waals surface area contributed by atoms with Crippen LogP contribution >= 0.6 is 11.8 Å². The number of carbonyl (C=O) groups excluding carboxylic acids is 1. The maximum absolute atomic E-state index is 12.2. The molecule has 146 valence electrons. The average Bonchev–Trinajstić information content (AvgIpc) is 3.19. The first-order valence-corrected chi connectivity index (χ1v) is 9.51. The summed E-state index contributed by atoms with van der Waals surface area (Å²) in [5.41, 5.74) is 1.60. The van der Waals surface area contributed by atoms with E-state index in [2.05, 4.69) is 25.8 Å². The molecule has 3 rings (SSSR count). The molecule has 0 aliphatic carbocycles. The number of ether oxygens (including phenoxy) is 2. The highest BCUT2D eigenvalue weighted by Crippen LogP contribution is 2.26. The van der Waals surface area contributed by atoms with Gasteiger partial charge in [0.15, 0.2) is 0 Å². The molecule has 0 fully saturated rings. The lowest BCUT2D eigenvalue weighted by Gasteiger charge is -2.09. The van der Waals surface area contributed by atoms with Crippen LogP contribution in [0, 0.1) is 0 Å². The lowest BCUT2D eigenvalue weighted by atomic mass is 10.2. The molecule has 0 aliphatic rings. The van der Waals surface area contributed by atoms with Crippen molar-refractivity contribution in [1.29, 1.82) is 0 Å². The minimum Gasteiger partial charge on any atom is -0.497 e. The Morgan fingerprint density at radius 3 is 2.46 bits per heavy atom. The van der Waals surface area contributed by atoms with Crippen molar-refractivity contribution in [3.63, 3.8) is 0 Å². The molecule has 0 saturated heterocycles. The summed E-state index contributed by atoms with van der Waals surface area (Å²) in [7, 11) is 3.12. The van der Waals surface area contributed by atoms with E-state index in [0.717, 1.165) is 5.69 Å². The lowest BCUT2D eigenvalue weighted by molar-refractivity contribution is -0.113. The molecule has 28 heavy (non-hydrogen) atoms. The number of nitrogens with one attached hydrogen (secondary N) is 3. The molecule has 0 aliphatic heterocycles. The Kier molecular flexibility index (Phi) is 6.74. The molecule has 3 N–H and O–H groups in total. The van der Waals surface area contributed by atoms with Crippen molar-refractivity contribution < 1.29 is 14.3 Å². The van der Waals surface area contributed by atoms with Crippen LogP contribution in [0.2, 0.25) is 0 Å². The molecule has 0 spiro atoms. The summed E-state index contributed by atoms with van der Waals surface area (Å²) in [5.74, 6) is 1.92. The molecule has 9 heteroatoms. The Bertz CT molecular complexity index is 895. The molecule has 1 heterocycles. The number of carbonyl (C=O) groups is 1. The maximum atomic E-state index is 12.2. The molecule has 0 saturated carbocycles. The highest BCUT2D eigenvalue weighted by Gasteiger charge is 2.10. The van der Waals surface area contributed by atoms with E-state index in [1.165, 1.54) is 11.8 Å². The number of H-pyrrole nitrogens is 1. The minimum atomic E-state index is -0.172. The van der Waals surface area contributed by atoms with Crippen LogP contribution in [0.3, 0.4) is 0 Å². The fourth-order valence-electron chi connectivity index (χ4n) is 2.37. The number of hydrogen-bond acceptors (Lipinski definition) is 7. The summed E-state index contributed by atoms with van der Waals surface area (Å²) in [5, 5.41) is 13.6. The standard InChI is InChI=1S/C19H21N5O3S/c1-26-15-8-14(9-16(10-15)27-2)21-18(25)12-28-19-22-17(23-24-19)11-20-13-6-4-3-5-7-13/h3-10,20H,11-12H2,1-2H3,(H,21,25)(H,22,23,24). The van der Waals surface area contributed by atoms with Gasteiger partial charge in [0.25, 0.3) is 0 Å². The Morgan fingerprint density at radius 2 is 1.79 bits per heavy atom. The van der Waals surface area contributed by atoms with E-state index in [1.807, 2.05) is 30.3 Å². The summed E-state index contributed by atoms with van der Waals surface area (Å²) in [4.78, 5) is 16.6. The molecule has 8 nitrogen and oxygen atoms in total. The fraction of sp³-hybridized carbons (Fsp3) is 0.211. The third-order valence-corrected chi connectivity index (χ3v) is 4.56. The summed E-state index contributed by atoms with van der Waals surface area (Å²) >= 11 is 1.25. The number of rotatable bonds is 9. The molecule has 0 bridgehead atoms. The van der Waals surface area contributed by atoms with Crippen molar-refractivity contribution in [2.24, 2.45) is 0 Å². The first-order chi connectivity index (χ1) is 13.7. The van der Waals surface area contributed by atoms with Gasteiger partial charge in [-0.1, -0.05) is 30.0 Å². The van der Waals surface area contributed by atoms with Gasteiger partial charge in [-0.15, -0.1) is 5.10 Å².